The summed E-state index contributed by atoms with van der Waals surface area (Å²) in [5.74, 6) is -1.19. The Morgan fingerprint density at radius 3 is 2.50 bits per heavy atom. The molecule has 1 aliphatic rings. The van der Waals surface area contributed by atoms with E-state index in [0.29, 0.717) is 10.9 Å². The van der Waals surface area contributed by atoms with E-state index >= 15 is 0 Å². The summed E-state index contributed by atoms with van der Waals surface area (Å²) in [4.78, 5) is 37.5. The van der Waals surface area contributed by atoms with E-state index < -0.39 is 17.2 Å². The quantitative estimate of drug-likeness (QED) is 0.623. The highest BCUT2D eigenvalue weighted by Gasteiger charge is 2.31. The molecule has 3 rings (SSSR count). The van der Waals surface area contributed by atoms with Crippen LogP contribution in [-0.2, 0) is 0 Å². The van der Waals surface area contributed by atoms with Gasteiger partial charge < -0.3 is 4.98 Å². The number of aromatic nitrogens is 1. The summed E-state index contributed by atoms with van der Waals surface area (Å²) in [5, 5.41) is 2.50. The minimum Gasteiger partial charge on any atom is -0.350 e. The lowest BCUT2D eigenvalue weighted by molar-refractivity contribution is 0.0878. The van der Waals surface area contributed by atoms with E-state index in [1.165, 1.54) is 0 Å². The SMILES string of the molecule is O=C1NC(=O)c2c1[nH]c1ccccc1c2=O. The molecule has 0 unspecified atom stereocenters. The molecule has 1 aliphatic heterocycles. The monoisotopic (exact) mass is 214 g/mol. The van der Waals surface area contributed by atoms with Crippen molar-refractivity contribution in [1.29, 1.82) is 0 Å². The Morgan fingerprint density at radius 2 is 1.69 bits per heavy atom. The summed E-state index contributed by atoms with van der Waals surface area (Å²) in [6.45, 7) is 0. The van der Waals surface area contributed by atoms with Gasteiger partial charge in [-0.15, -0.1) is 0 Å². The third-order valence-electron chi connectivity index (χ3n) is 2.59. The van der Waals surface area contributed by atoms with Gasteiger partial charge in [0.05, 0.1) is 0 Å². The van der Waals surface area contributed by atoms with Crippen LogP contribution >= 0.6 is 0 Å². The van der Waals surface area contributed by atoms with E-state index in [1.807, 2.05) is 0 Å². The van der Waals surface area contributed by atoms with Crippen LogP contribution in [-0.4, -0.2) is 16.8 Å². The standard InChI is InChI=1S/C11H6N2O3/c14-9-5-3-1-2-4-6(5)12-8-7(9)10(15)13-11(8)16/h1-4H,(H,12,14)(H,13,15,16). The molecular weight excluding hydrogens is 208 g/mol. The molecule has 0 fully saturated rings. The topological polar surface area (TPSA) is 79.0 Å². The van der Waals surface area contributed by atoms with Gasteiger partial charge in [0.2, 0.25) is 5.43 Å². The number of aromatic amines is 1. The maximum absolute atomic E-state index is 11.9. The maximum atomic E-state index is 11.9. The minimum atomic E-state index is -0.632. The van der Waals surface area contributed by atoms with E-state index in [0.717, 1.165) is 0 Å². The van der Waals surface area contributed by atoms with Crippen LogP contribution in [0.5, 0.6) is 0 Å². The third-order valence-corrected chi connectivity index (χ3v) is 2.59. The molecule has 0 saturated heterocycles. The average molecular weight is 214 g/mol. The second-order valence-electron chi connectivity index (χ2n) is 3.53. The molecule has 2 heterocycles. The van der Waals surface area contributed by atoms with Crippen LogP contribution in [0.4, 0.5) is 0 Å². The molecule has 0 bridgehead atoms. The Balaban J connectivity index is 2.55. The second-order valence-corrected chi connectivity index (χ2v) is 3.53. The fraction of sp³-hybridized carbons (Fsp3) is 0. The van der Waals surface area contributed by atoms with Gasteiger partial charge in [0.25, 0.3) is 11.8 Å². The van der Waals surface area contributed by atoms with Gasteiger partial charge in [-0.2, -0.15) is 0 Å². The first-order chi connectivity index (χ1) is 7.68. The van der Waals surface area contributed by atoms with Crippen molar-refractivity contribution in [3.05, 3.63) is 45.7 Å². The van der Waals surface area contributed by atoms with Crippen molar-refractivity contribution in [2.45, 2.75) is 0 Å². The lowest BCUT2D eigenvalue weighted by Gasteiger charge is -1.99. The number of amides is 2. The summed E-state index contributed by atoms with van der Waals surface area (Å²) in [6, 6.07) is 6.76. The number of fused-ring (bicyclic) bond motifs is 2. The Bertz CT molecular complexity index is 700. The molecule has 2 N–H and O–H groups in total. The number of carbonyl (C=O) groups excluding carboxylic acids is 2. The van der Waals surface area contributed by atoms with Gasteiger partial charge in [0, 0.05) is 10.9 Å². The molecule has 0 aliphatic carbocycles. The maximum Gasteiger partial charge on any atom is 0.275 e. The molecule has 16 heavy (non-hydrogen) atoms. The van der Waals surface area contributed by atoms with Crippen molar-refractivity contribution in [2.75, 3.05) is 0 Å². The Labute approximate surface area is 89.1 Å². The van der Waals surface area contributed by atoms with Crippen LogP contribution in [0.2, 0.25) is 0 Å². The van der Waals surface area contributed by atoms with Crippen LogP contribution in [0.3, 0.4) is 0 Å². The van der Waals surface area contributed by atoms with Gasteiger partial charge in [-0.25, -0.2) is 0 Å². The Kier molecular flexibility index (Phi) is 1.54. The van der Waals surface area contributed by atoms with E-state index in [2.05, 4.69) is 10.3 Å². The molecule has 1 aromatic heterocycles. The zero-order valence-electron chi connectivity index (χ0n) is 8.03. The molecule has 2 aromatic rings. The molecule has 0 radical (unpaired) electrons. The van der Waals surface area contributed by atoms with Gasteiger partial charge in [0.15, 0.2) is 0 Å². The predicted molar refractivity (Wildman–Crippen MR) is 56.4 cm³/mol. The van der Waals surface area contributed by atoms with Gasteiger partial charge in [-0.05, 0) is 12.1 Å². The van der Waals surface area contributed by atoms with Crippen molar-refractivity contribution in [3.63, 3.8) is 0 Å². The summed E-state index contributed by atoms with van der Waals surface area (Å²) in [7, 11) is 0. The average Bonchev–Trinajstić information content (AvgIpc) is 2.55. The lowest BCUT2D eigenvalue weighted by atomic mass is 10.1. The van der Waals surface area contributed by atoms with Crippen molar-refractivity contribution < 1.29 is 9.59 Å². The molecule has 5 nitrogen and oxygen atoms in total. The number of carbonyl (C=O) groups is 2. The highest BCUT2D eigenvalue weighted by atomic mass is 16.2. The number of benzene rings is 1. The van der Waals surface area contributed by atoms with Crippen LogP contribution in [0.15, 0.2) is 29.1 Å². The first kappa shape index (κ1) is 8.84. The molecule has 78 valence electrons. The Hall–Kier alpha value is -2.43. The number of rotatable bonds is 0. The zero-order chi connectivity index (χ0) is 11.3. The first-order valence-corrected chi connectivity index (χ1v) is 4.69. The largest absolute Gasteiger partial charge is 0.350 e. The predicted octanol–water partition coefficient (Wildman–Crippen LogP) is 0.412. The number of nitrogens with one attached hydrogen (secondary N) is 2. The van der Waals surface area contributed by atoms with Gasteiger partial charge in [0.1, 0.15) is 11.3 Å². The van der Waals surface area contributed by atoms with E-state index in [1.54, 1.807) is 24.3 Å². The summed E-state index contributed by atoms with van der Waals surface area (Å²) < 4.78 is 0. The van der Waals surface area contributed by atoms with Crippen LogP contribution < -0.4 is 10.7 Å². The fourth-order valence-electron chi connectivity index (χ4n) is 1.85. The first-order valence-electron chi connectivity index (χ1n) is 4.69. The molecule has 1 aromatic carbocycles. The van der Waals surface area contributed by atoms with Gasteiger partial charge >= 0.3 is 0 Å². The number of imide groups is 1. The fourth-order valence-corrected chi connectivity index (χ4v) is 1.85. The highest BCUT2D eigenvalue weighted by molar-refractivity contribution is 6.21. The van der Waals surface area contributed by atoms with Gasteiger partial charge in [-0.1, -0.05) is 12.1 Å². The third kappa shape index (κ3) is 0.967. The van der Waals surface area contributed by atoms with Crippen molar-refractivity contribution in [1.82, 2.24) is 10.3 Å². The van der Waals surface area contributed by atoms with E-state index in [4.69, 9.17) is 0 Å². The number of para-hydroxylation sites is 1. The molecule has 0 atom stereocenters. The normalized spacial score (nSPS) is 14.0. The van der Waals surface area contributed by atoms with Gasteiger partial charge in [-0.3, -0.25) is 19.7 Å². The van der Waals surface area contributed by atoms with E-state index in [-0.39, 0.29) is 11.3 Å². The van der Waals surface area contributed by atoms with Crippen molar-refractivity contribution >= 4 is 22.7 Å². The van der Waals surface area contributed by atoms with Crippen LogP contribution in [0.1, 0.15) is 20.8 Å². The van der Waals surface area contributed by atoms with Crippen LogP contribution in [0.25, 0.3) is 10.9 Å². The summed E-state index contributed by atoms with van der Waals surface area (Å²) >= 11 is 0. The molecular formula is C11H6N2O3. The minimum absolute atomic E-state index is 0.0497. The molecule has 0 spiro atoms. The summed E-state index contributed by atoms with van der Waals surface area (Å²) in [6.07, 6.45) is 0. The number of H-pyrrole nitrogens is 1. The molecule has 2 amide bonds. The number of pyridine rings is 1. The number of hydrogen-bond donors (Lipinski definition) is 2. The van der Waals surface area contributed by atoms with Crippen molar-refractivity contribution in [3.8, 4) is 0 Å². The zero-order valence-corrected chi connectivity index (χ0v) is 8.03. The second kappa shape index (κ2) is 2.79. The lowest BCUT2D eigenvalue weighted by Crippen LogP contribution is -2.22. The smallest absolute Gasteiger partial charge is 0.275 e. The highest BCUT2D eigenvalue weighted by Crippen LogP contribution is 2.14. The molecule has 5 heteroatoms. The van der Waals surface area contributed by atoms with Crippen LogP contribution in [0, 0.1) is 0 Å². The number of hydrogen-bond acceptors (Lipinski definition) is 3. The van der Waals surface area contributed by atoms with E-state index in [9.17, 15) is 14.4 Å². The summed E-state index contributed by atoms with van der Waals surface area (Å²) in [5.41, 5.74) is 0.0983. The molecule has 0 saturated carbocycles. The Morgan fingerprint density at radius 1 is 0.938 bits per heavy atom. The van der Waals surface area contributed by atoms with Crippen molar-refractivity contribution in [2.24, 2.45) is 0 Å².